The smallest absolute Gasteiger partial charge is 0.340 e. The highest BCUT2D eigenvalue weighted by Gasteiger charge is 2.13. The molecule has 3 aromatic rings. The zero-order valence-corrected chi connectivity index (χ0v) is 15.5. The summed E-state index contributed by atoms with van der Waals surface area (Å²) in [6.45, 7) is 2.01. The van der Waals surface area contributed by atoms with Gasteiger partial charge in [-0.25, -0.2) is 14.8 Å². The second-order valence-electron chi connectivity index (χ2n) is 5.82. The third-order valence-electron chi connectivity index (χ3n) is 3.82. The van der Waals surface area contributed by atoms with E-state index in [0.29, 0.717) is 28.3 Å². The number of benzene rings is 2. The number of carbonyl (C=O) groups is 2. The highest BCUT2D eigenvalue weighted by molar-refractivity contribution is 6.02. The summed E-state index contributed by atoms with van der Waals surface area (Å²) in [5.74, 6) is -0.532. The average Bonchev–Trinajstić information content (AvgIpc) is 2.75. The lowest BCUT2D eigenvalue weighted by Gasteiger charge is -2.11. The summed E-state index contributed by atoms with van der Waals surface area (Å²) in [6, 6.07) is 15.4. The number of nitriles is 1. The van der Waals surface area contributed by atoms with Crippen molar-refractivity contribution in [2.24, 2.45) is 0 Å². The molecule has 0 saturated carbocycles. The Balaban J connectivity index is 1.72. The van der Waals surface area contributed by atoms with Crippen LogP contribution in [0.2, 0.25) is 0 Å². The molecule has 3 rings (SSSR count). The van der Waals surface area contributed by atoms with Crippen molar-refractivity contribution in [3.63, 3.8) is 0 Å². The quantitative estimate of drug-likeness (QED) is 0.621. The van der Waals surface area contributed by atoms with Crippen molar-refractivity contribution >= 4 is 29.1 Å². The molecule has 0 fully saturated rings. The Bertz CT molecular complexity index is 1070. The van der Waals surface area contributed by atoms with Crippen LogP contribution in [0.5, 0.6) is 0 Å². The van der Waals surface area contributed by atoms with Crippen LogP contribution in [0.4, 0.5) is 17.2 Å². The first-order chi connectivity index (χ1) is 14.1. The molecule has 0 saturated heterocycles. The number of ether oxygens (including phenoxy) is 1. The van der Waals surface area contributed by atoms with Gasteiger partial charge in [0.05, 0.1) is 41.9 Å². The van der Waals surface area contributed by atoms with Gasteiger partial charge >= 0.3 is 5.97 Å². The summed E-state index contributed by atoms with van der Waals surface area (Å²) < 4.78 is 5.04. The SMILES string of the molecule is CCOC(=O)c1ccccc1Nc1cnc(C(=O)Nc2cccc(C#N)c2)cn1. The predicted octanol–water partition coefficient (Wildman–Crippen LogP) is 3.52. The number of anilines is 3. The number of amides is 1. The molecule has 2 aromatic carbocycles. The fourth-order valence-corrected chi connectivity index (χ4v) is 2.49. The summed E-state index contributed by atoms with van der Waals surface area (Å²) in [5.41, 5.74) is 1.92. The zero-order valence-electron chi connectivity index (χ0n) is 15.5. The maximum absolute atomic E-state index is 12.3. The number of hydrogen-bond donors (Lipinski definition) is 2. The van der Waals surface area contributed by atoms with Crippen molar-refractivity contribution in [2.45, 2.75) is 6.92 Å². The van der Waals surface area contributed by atoms with E-state index in [1.54, 1.807) is 55.5 Å². The summed E-state index contributed by atoms with van der Waals surface area (Å²) in [6.07, 6.45) is 2.71. The molecule has 8 nitrogen and oxygen atoms in total. The molecular weight excluding hydrogens is 370 g/mol. The molecule has 0 aliphatic carbocycles. The molecule has 0 atom stereocenters. The molecule has 0 aliphatic heterocycles. The Labute approximate surface area is 167 Å². The lowest BCUT2D eigenvalue weighted by atomic mass is 10.2. The highest BCUT2D eigenvalue weighted by atomic mass is 16.5. The van der Waals surface area contributed by atoms with Crippen LogP contribution in [-0.2, 0) is 4.74 Å². The van der Waals surface area contributed by atoms with Crippen LogP contribution in [0.1, 0.15) is 33.3 Å². The Kier molecular flexibility index (Phi) is 6.12. The van der Waals surface area contributed by atoms with Crippen LogP contribution in [0.25, 0.3) is 0 Å². The van der Waals surface area contributed by atoms with Gasteiger partial charge in [-0.1, -0.05) is 18.2 Å². The second kappa shape index (κ2) is 9.10. The van der Waals surface area contributed by atoms with Crippen molar-refractivity contribution in [2.75, 3.05) is 17.2 Å². The maximum Gasteiger partial charge on any atom is 0.340 e. The van der Waals surface area contributed by atoms with Gasteiger partial charge in [0.25, 0.3) is 5.91 Å². The number of rotatable bonds is 6. The van der Waals surface area contributed by atoms with Gasteiger partial charge in [0, 0.05) is 5.69 Å². The van der Waals surface area contributed by atoms with Crippen molar-refractivity contribution in [3.05, 3.63) is 77.7 Å². The lowest BCUT2D eigenvalue weighted by Crippen LogP contribution is -2.14. The minimum absolute atomic E-state index is 0.108. The molecule has 1 amide bonds. The Morgan fingerprint density at radius 3 is 2.66 bits per heavy atom. The fourth-order valence-electron chi connectivity index (χ4n) is 2.49. The van der Waals surface area contributed by atoms with E-state index in [0.717, 1.165) is 0 Å². The Morgan fingerprint density at radius 2 is 1.93 bits per heavy atom. The van der Waals surface area contributed by atoms with Gasteiger partial charge < -0.3 is 15.4 Å². The van der Waals surface area contributed by atoms with Gasteiger partial charge in [-0.15, -0.1) is 0 Å². The fraction of sp³-hybridized carbons (Fsp3) is 0.0952. The molecule has 2 N–H and O–H groups in total. The normalized spacial score (nSPS) is 9.93. The number of aromatic nitrogens is 2. The number of nitrogens with zero attached hydrogens (tertiary/aromatic N) is 3. The maximum atomic E-state index is 12.3. The van der Waals surface area contributed by atoms with Gasteiger partial charge in [0.2, 0.25) is 0 Å². The number of hydrogen-bond acceptors (Lipinski definition) is 7. The Hall–Kier alpha value is -4.25. The molecule has 0 aliphatic rings. The van der Waals surface area contributed by atoms with Crippen molar-refractivity contribution in [3.8, 4) is 6.07 Å². The van der Waals surface area contributed by atoms with Crippen LogP contribution in [0.3, 0.4) is 0 Å². The third kappa shape index (κ3) is 4.93. The summed E-state index contributed by atoms with van der Waals surface area (Å²) in [7, 11) is 0. The van der Waals surface area contributed by atoms with E-state index >= 15 is 0 Å². The molecule has 29 heavy (non-hydrogen) atoms. The van der Waals surface area contributed by atoms with Crippen LogP contribution >= 0.6 is 0 Å². The van der Waals surface area contributed by atoms with E-state index in [4.69, 9.17) is 10.00 Å². The summed E-state index contributed by atoms with van der Waals surface area (Å²) >= 11 is 0. The largest absolute Gasteiger partial charge is 0.462 e. The van der Waals surface area contributed by atoms with Gasteiger partial charge in [0.1, 0.15) is 11.5 Å². The number of para-hydroxylation sites is 1. The first-order valence-electron chi connectivity index (χ1n) is 8.77. The molecular formula is C21H17N5O3. The van der Waals surface area contributed by atoms with E-state index in [2.05, 4.69) is 20.6 Å². The average molecular weight is 387 g/mol. The van der Waals surface area contributed by atoms with E-state index in [1.807, 2.05) is 6.07 Å². The lowest BCUT2D eigenvalue weighted by molar-refractivity contribution is 0.0527. The van der Waals surface area contributed by atoms with Crippen molar-refractivity contribution < 1.29 is 14.3 Å². The van der Waals surface area contributed by atoms with Crippen molar-refractivity contribution in [1.29, 1.82) is 5.26 Å². The van der Waals surface area contributed by atoms with Gasteiger partial charge in [-0.2, -0.15) is 5.26 Å². The number of carbonyl (C=O) groups excluding carboxylic acids is 2. The summed E-state index contributed by atoms with van der Waals surface area (Å²) in [4.78, 5) is 32.7. The highest BCUT2D eigenvalue weighted by Crippen LogP contribution is 2.20. The standard InChI is InChI=1S/C21H17N5O3/c1-2-29-21(28)16-8-3-4-9-17(16)26-19-13-23-18(12-24-19)20(27)25-15-7-5-6-14(10-15)11-22/h3-10,12-13H,2H2,1H3,(H,24,26)(H,25,27). The molecule has 0 bridgehead atoms. The summed E-state index contributed by atoms with van der Waals surface area (Å²) in [5, 5.41) is 14.6. The molecule has 8 heteroatoms. The topological polar surface area (TPSA) is 117 Å². The van der Waals surface area contributed by atoms with E-state index in [9.17, 15) is 9.59 Å². The first kappa shape index (κ1) is 19.5. The van der Waals surface area contributed by atoms with E-state index < -0.39 is 11.9 Å². The molecule has 0 radical (unpaired) electrons. The molecule has 0 unspecified atom stereocenters. The van der Waals surface area contributed by atoms with Gasteiger partial charge in [-0.3, -0.25) is 4.79 Å². The molecule has 1 aromatic heterocycles. The van der Waals surface area contributed by atoms with Crippen LogP contribution in [-0.4, -0.2) is 28.5 Å². The van der Waals surface area contributed by atoms with Gasteiger partial charge in [-0.05, 0) is 37.3 Å². The number of esters is 1. The monoisotopic (exact) mass is 387 g/mol. The predicted molar refractivity (Wildman–Crippen MR) is 107 cm³/mol. The Morgan fingerprint density at radius 1 is 1.10 bits per heavy atom. The molecule has 1 heterocycles. The second-order valence-corrected chi connectivity index (χ2v) is 5.82. The van der Waals surface area contributed by atoms with Crippen molar-refractivity contribution in [1.82, 2.24) is 9.97 Å². The van der Waals surface area contributed by atoms with E-state index in [1.165, 1.54) is 12.4 Å². The zero-order chi connectivity index (χ0) is 20.6. The minimum Gasteiger partial charge on any atom is -0.462 e. The van der Waals surface area contributed by atoms with Gasteiger partial charge in [0.15, 0.2) is 0 Å². The third-order valence-corrected chi connectivity index (χ3v) is 3.82. The number of nitrogens with one attached hydrogen (secondary N) is 2. The van der Waals surface area contributed by atoms with Crippen LogP contribution in [0.15, 0.2) is 60.9 Å². The minimum atomic E-state index is -0.453. The van der Waals surface area contributed by atoms with Crippen LogP contribution in [0, 0.1) is 11.3 Å². The van der Waals surface area contributed by atoms with E-state index in [-0.39, 0.29) is 12.3 Å². The first-order valence-corrected chi connectivity index (χ1v) is 8.77. The molecule has 144 valence electrons. The van der Waals surface area contributed by atoms with Crippen LogP contribution < -0.4 is 10.6 Å². The molecule has 0 spiro atoms.